The van der Waals surface area contributed by atoms with Crippen LogP contribution in [0.25, 0.3) is 20.9 Å². The van der Waals surface area contributed by atoms with E-state index in [9.17, 15) is 0 Å². The first kappa shape index (κ1) is 9.62. The van der Waals surface area contributed by atoms with Crippen molar-refractivity contribution >= 4 is 0 Å². The average molecular weight is 154 g/mol. The van der Waals surface area contributed by atoms with Gasteiger partial charge in [0.25, 0.3) is 0 Å². The van der Waals surface area contributed by atoms with E-state index < -0.39 is 0 Å². The van der Waals surface area contributed by atoms with Crippen LogP contribution in [0.4, 0.5) is 0 Å². The quantitative estimate of drug-likeness (QED) is 0.330. The molecule has 0 aliphatic carbocycles. The first-order valence-electron chi connectivity index (χ1n) is 3.40. The van der Waals surface area contributed by atoms with Gasteiger partial charge in [-0.2, -0.15) is 0 Å². The number of nitrogens with zero attached hydrogens (tertiary/aromatic N) is 6. The zero-order valence-electron chi connectivity index (χ0n) is 6.38. The molecule has 60 valence electrons. The number of hydrogen-bond acceptors (Lipinski definition) is 2. The second kappa shape index (κ2) is 6.74. The van der Waals surface area contributed by atoms with Crippen LogP contribution in [0.3, 0.4) is 0 Å². The fourth-order valence-electron chi connectivity index (χ4n) is 0.723. The van der Waals surface area contributed by atoms with Crippen molar-refractivity contribution in [2.75, 3.05) is 6.54 Å². The lowest BCUT2D eigenvalue weighted by molar-refractivity contribution is 0.607. The highest BCUT2D eigenvalue weighted by atomic mass is 15.2. The van der Waals surface area contributed by atoms with Gasteiger partial charge in [0.05, 0.1) is 0 Å². The Labute approximate surface area is 64.5 Å². The van der Waals surface area contributed by atoms with Crippen molar-refractivity contribution in [1.82, 2.24) is 0 Å². The Hall–Kier alpha value is -1.38. The monoisotopic (exact) mass is 154 g/mol. The molecule has 6 heteroatoms. The van der Waals surface area contributed by atoms with Crippen LogP contribution in [0.15, 0.2) is 10.2 Å². The standard InChI is InChI=1S/C5H10N6/c1-2-3-5(9-11-7)4-8-10-6/h5H,2-4H2,1H3. The third-order valence-corrected chi connectivity index (χ3v) is 1.19. The van der Waals surface area contributed by atoms with E-state index in [1.807, 2.05) is 6.92 Å². The van der Waals surface area contributed by atoms with Crippen LogP contribution < -0.4 is 0 Å². The van der Waals surface area contributed by atoms with Crippen molar-refractivity contribution in [2.45, 2.75) is 25.8 Å². The Morgan fingerprint density at radius 2 is 2.09 bits per heavy atom. The highest BCUT2D eigenvalue weighted by Gasteiger charge is 2.01. The molecule has 1 unspecified atom stereocenters. The van der Waals surface area contributed by atoms with Gasteiger partial charge in [0.2, 0.25) is 0 Å². The Kier molecular flexibility index (Phi) is 5.89. The maximum absolute atomic E-state index is 8.09. The van der Waals surface area contributed by atoms with Crippen molar-refractivity contribution in [2.24, 2.45) is 10.2 Å². The highest BCUT2D eigenvalue weighted by molar-refractivity contribution is 4.69. The summed E-state index contributed by atoms with van der Waals surface area (Å²) < 4.78 is 0. The van der Waals surface area contributed by atoms with Crippen molar-refractivity contribution in [1.29, 1.82) is 0 Å². The SMILES string of the molecule is CCCC(CN=[N+]=[N-])N=[N+]=[N-]. The fraction of sp³-hybridized carbons (Fsp3) is 1.00. The van der Waals surface area contributed by atoms with Gasteiger partial charge < -0.3 is 0 Å². The molecule has 0 radical (unpaired) electrons. The summed E-state index contributed by atoms with van der Waals surface area (Å²) in [6, 6.07) is -0.180. The first-order chi connectivity index (χ1) is 5.35. The molecule has 0 N–H and O–H groups in total. The van der Waals surface area contributed by atoms with Crippen LogP contribution in [0.2, 0.25) is 0 Å². The summed E-state index contributed by atoms with van der Waals surface area (Å²) in [4.78, 5) is 5.23. The van der Waals surface area contributed by atoms with Gasteiger partial charge in [-0.05, 0) is 17.5 Å². The van der Waals surface area contributed by atoms with E-state index in [0.717, 1.165) is 12.8 Å². The molecule has 0 heterocycles. The van der Waals surface area contributed by atoms with Crippen LogP contribution in [-0.4, -0.2) is 12.6 Å². The Bertz CT molecular complexity index is 187. The van der Waals surface area contributed by atoms with Crippen LogP contribution in [0.5, 0.6) is 0 Å². The fourth-order valence-corrected chi connectivity index (χ4v) is 0.723. The molecule has 0 rings (SSSR count). The van der Waals surface area contributed by atoms with E-state index in [0.29, 0.717) is 0 Å². The van der Waals surface area contributed by atoms with Crippen molar-refractivity contribution in [3.05, 3.63) is 20.9 Å². The predicted octanol–water partition coefficient (Wildman–Crippen LogP) is 2.78. The minimum absolute atomic E-state index is 0.180. The first-order valence-corrected chi connectivity index (χ1v) is 3.40. The molecule has 0 fully saturated rings. The second-order valence-corrected chi connectivity index (χ2v) is 2.06. The zero-order chi connectivity index (χ0) is 8.53. The molecular weight excluding hydrogens is 144 g/mol. The molecule has 0 bridgehead atoms. The molecule has 0 saturated heterocycles. The second-order valence-electron chi connectivity index (χ2n) is 2.06. The van der Waals surface area contributed by atoms with Crippen molar-refractivity contribution in [3.8, 4) is 0 Å². The maximum atomic E-state index is 8.09. The van der Waals surface area contributed by atoms with Gasteiger partial charge in [0.1, 0.15) is 0 Å². The van der Waals surface area contributed by atoms with Crippen LogP contribution in [-0.2, 0) is 0 Å². The molecule has 11 heavy (non-hydrogen) atoms. The van der Waals surface area contributed by atoms with Gasteiger partial charge in [-0.3, -0.25) is 0 Å². The normalized spacial score (nSPS) is 11.0. The molecular formula is C5H10N6. The smallest absolute Gasteiger partial charge is 0.0429 e. The molecule has 0 aliphatic heterocycles. The summed E-state index contributed by atoms with van der Waals surface area (Å²) in [6.45, 7) is 2.24. The van der Waals surface area contributed by atoms with Gasteiger partial charge in [-0.15, -0.1) is 0 Å². The van der Waals surface area contributed by atoms with Crippen LogP contribution in [0, 0.1) is 0 Å². The third-order valence-electron chi connectivity index (χ3n) is 1.19. The van der Waals surface area contributed by atoms with E-state index in [-0.39, 0.29) is 12.6 Å². The average Bonchev–Trinajstić information content (AvgIpc) is 2.01. The van der Waals surface area contributed by atoms with Crippen molar-refractivity contribution < 1.29 is 0 Å². The summed E-state index contributed by atoms with van der Waals surface area (Å²) in [6.07, 6.45) is 1.69. The van der Waals surface area contributed by atoms with Crippen LogP contribution >= 0.6 is 0 Å². The van der Waals surface area contributed by atoms with Crippen molar-refractivity contribution in [3.63, 3.8) is 0 Å². The molecule has 6 nitrogen and oxygen atoms in total. The third kappa shape index (κ3) is 5.08. The molecule has 0 aliphatic rings. The molecule has 0 spiro atoms. The molecule has 1 atom stereocenters. The van der Waals surface area contributed by atoms with Gasteiger partial charge in [0, 0.05) is 22.4 Å². The Morgan fingerprint density at radius 1 is 1.36 bits per heavy atom. The van der Waals surface area contributed by atoms with E-state index in [4.69, 9.17) is 11.1 Å². The molecule has 0 saturated carbocycles. The summed E-state index contributed by atoms with van der Waals surface area (Å²) >= 11 is 0. The Morgan fingerprint density at radius 3 is 2.55 bits per heavy atom. The predicted molar refractivity (Wildman–Crippen MR) is 41.9 cm³/mol. The van der Waals surface area contributed by atoms with E-state index in [2.05, 4.69) is 20.1 Å². The number of azide groups is 2. The van der Waals surface area contributed by atoms with Crippen LogP contribution in [0.1, 0.15) is 19.8 Å². The lowest BCUT2D eigenvalue weighted by atomic mass is 10.2. The minimum atomic E-state index is -0.180. The van der Waals surface area contributed by atoms with E-state index in [1.54, 1.807) is 0 Å². The number of rotatable bonds is 5. The number of hydrogen-bond donors (Lipinski definition) is 0. The Balaban J connectivity index is 3.87. The summed E-state index contributed by atoms with van der Waals surface area (Å²) in [5, 5.41) is 6.79. The van der Waals surface area contributed by atoms with Gasteiger partial charge in [0.15, 0.2) is 0 Å². The molecule has 0 aromatic heterocycles. The lowest BCUT2D eigenvalue weighted by Crippen LogP contribution is -2.06. The molecule has 0 amide bonds. The van der Waals surface area contributed by atoms with E-state index >= 15 is 0 Å². The maximum Gasteiger partial charge on any atom is 0.0429 e. The lowest BCUT2D eigenvalue weighted by Gasteiger charge is -2.02. The minimum Gasteiger partial charge on any atom is -0.0936 e. The van der Waals surface area contributed by atoms with Gasteiger partial charge >= 0.3 is 0 Å². The summed E-state index contributed by atoms with van der Waals surface area (Å²) in [5.41, 5.74) is 16.1. The zero-order valence-corrected chi connectivity index (χ0v) is 6.38. The van der Waals surface area contributed by atoms with E-state index in [1.165, 1.54) is 0 Å². The molecule has 0 aromatic rings. The van der Waals surface area contributed by atoms with Gasteiger partial charge in [-0.25, -0.2) is 0 Å². The highest BCUT2D eigenvalue weighted by Crippen LogP contribution is 2.02. The molecule has 0 aromatic carbocycles. The summed E-state index contributed by atoms with van der Waals surface area (Å²) in [7, 11) is 0. The summed E-state index contributed by atoms with van der Waals surface area (Å²) in [5.74, 6) is 0. The topological polar surface area (TPSA) is 97.5 Å². The largest absolute Gasteiger partial charge is 0.0936 e. The van der Waals surface area contributed by atoms with Gasteiger partial charge in [-0.1, -0.05) is 23.6 Å².